The Morgan fingerprint density at radius 3 is 3.18 bits per heavy atom. The van der Waals surface area contributed by atoms with Gasteiger partial charge in [0.05, 0.1) is 18.9 Å². The number of hydrazone groups is 1. The van der Waals surface area contributed by atoms with Gasteiger partial charge in [-0.3, -0.25) is 4.90 Å². The zero-order chi connectivity index (χ0) is 11.4. The molecule has 1 aromatic rings. The fourth-order valence-corrected chi connectivity index (χ4v) is 3.47. The highest BCUT2D eigenvalue weighted by Crippen LogP contribution is 2.45. The van der Waals surface area contributed by atoms with Crippen molar-refractivity contribution in [3.05, 3.63) is 24.3 Å². The number of para-hydroxylation sites is 1. The van der Waals surface area contributed by atoms with E-state index in [2.05, 4.69) is 22.1 Å². The van der Waals surface area contributed by atoms with Crippen LogP contribution in [0.4, 0.5) is 5.69 Å². The molecule has 6 heteroatoms. The van der Waals surface area contributed by atoms with E-state index in [-0.39, 0.29) is 6.17 Å². The molecule has 3 aliphatic rings. The van der Waals surface area contributed by atoms with E-state index in [0.717, 1.165) is 10.9 Å². The third-order valence-corrected chi connectivity index (χ3v) is 4.20. The molecule has 0 saturated carbocycles. The molecule has 0 aliphatic carbocycles. The third-order valence-electron chi connectivity index (χ3n) is 3.18. The lowest BCUT2D eigenvalue weighted by Gasteiger charge is -2.36. The van der Waals surface area contributed by atoms with Crippen LogP contribution in [0, 0.1) is 0 Å². The maximum absolute atomic E-state index is 9.84. The molecule has 5 nitrogen and oxygen atoms in total. The Labute approximate surface area is 103 Å². The molecule has 17 heavy (non-hydrogen) atoms. The second kappa shape index (κ2) is 3.38. The highest BCUT2D eigenvalue weighted by atomic mass is 32.2. The highest BCUT2D eigenvalue weighted by molar-refractivity contribution is 8.14. The van der Waals surface area contributed by atoms with Crippen molar-refractivity contribution < 1.29 is 9.84 Å². The number of hydrogen-bond acceptors (Lipinski definition) is 6. The molecular weight excluding hydrogens is 238 g/mol. The van der Waals surface area contributed by atoms with Crippen LogP contribution in [0.5, 0.6) is 0 Å². The van der Waals surface area contributed by atoms with Crippen molar-refractivity contribution in [1.29, 1.82) is 0 Å². The molecule has 88 valence electrons. The highest BCUT2D eigenvalue weighted by Gasteiger charge is 2.45. The average Bonchev–Trinajstić information content (AvgIpc) is 2.85. The molecule has 0 radical (unpaired) electrons. The van der Waals surface area contributed by atoms with Crippen molar-refractivity contribution >= 4 is 22.6 Å². The molecule has 0 spiro atoms. The number of thioether (sulfide) groups is 1. The molecule has 3 aliphatic heterocycles. The van der Waals surface area contributed by atoms with Crippen LogP contribution in [0.2, 0.25) is 0 Å². The summed E-state index contributed by atoms with van der Waals surface area (Å²) >= 11 is 1.64. The first-order chi connectivity index (χ1) is 8.34. The van der Waals surface area contributed by atoms with Crippen molar-refractivity contribution in [2.45, 2.75) is 17.3 Å². The lowest BCUT2D eigenvalue weighted by molar-refractivity contribution is -0.126. The van der Waals surface area contributed by atoms with Crippen LogP contribution >= 0.6 is 11.8 Å². The number of aliphatic hydroxyl groups is 1. The third kappa shape index (κ3) is 1.25. The minimum Gasteiger partial charge on any atom is -0.373 e. The minimum atomic E-state index is -0.639. The normalized spacial score (nSPS) is 29.8. The molecule has 1 fully saturated rings. The number of hydrogen-bond donors (Lipinski definition) is 1. The Balaban J connectivity index is 1.78. The zero-order valence-corrected chi connectivity index (χ0v) is 9.80. The fourth-order valence-electron chi connectivity index (χ4n) is 2.40. The van der Waals surface area contributed by atoms with Crippen molar-refractivity contribution in [1.82, 2.24) is 5.01 Å². The van der Waals surface area contributed by atoms with Gasteiger partial charge >= 0.3 is 0 Å². The number of amidine groups is 1. The van der Waals surface area contributed by atoms with Gasteiger partial charge < -0.3 is 9.84 Å². The van der Waals surface area contributed by atoms with E-state index < -0.39 is 6.23 Å². The summed E-state index contributed by atoms with van der Waals surface area (Å²) < 4.78 is 5.40. The summed E-state index contributed by atoms with van der Waals surface area (Å²) in [4.78, 5) is 3.36. The minimum absolute atomic E-state index is 0.00935. The zero-order valence-electron chi connectivity index (χ0n) is 8.98. The van der Waals surface area contributed by atoms with Gasteiger partial charge in [-0.25, -0.2) is 5.01 Å². The molecule has 1 aromatic carbocycles. The summed E-state index contributed by atoms with van der Waals surface area (Å²) in [5.74, 6) is 0. The van der Waals surface area contributed by atoms with Gasteiger partial charge in [-0.2, -0.15) is 0 Å². The first-order valence-electron chi connectivity index (χ1n) is 5.53. The van der Waals surface area contributed by atoms with Gasteiger partial charge in [0.25, 0.3) is 0 Å². The first-order valence-corrected chi connectivity index (χ1v) is 6.35. The maximum atomic E-state index is 9.84. The van der Waals surface area contributed by atoms with Crippen LogP contribution in [0.3, 0.4) is 0 Å². The number of ether oxygens (including phenoxy) is 1. The van der Waals surface area contributed by atoms with Crippen molar-refractivity contribution in [2.75, 3.05) is 18.1 Å². The summed E-state index contributed by atoms with van der Waals surface area (Å²) in [6, 6.07) is 8.21. The molecule has 2 atom stereocenters. The van der Waals surface area contributed by atoms with Crippen molar-refractivity contribution in [3.63, 3.8) is 0 Å². The Morgan fingerprint density at radius 1 is 1.35 bits per heavy atom. The van der Waals surface area contributed by atoms with Crippen LogP contribution in [-0.2, 0) is 4.74 Å². The summed E-state index contributed by atoms with van der Waals surface area (Å²) in [6.45, 7) is 0.895. The monoisotopic (exact) mass is 249 g/mol. The van der Waals surface area contributed by atoms with Gasteiger partial charge in [-0.05, 0) is 23.9 Å². The van der Waals surface area contributed by atoms with E-state index in [9.17, 15) is 5.11 Å². The van der Waals surface area contributed by atoms with E-state index in [1.54, 1.807) is 16.8 Å². The van der Waals surface area contributed by atoms with Crippen LogP contribution in [0.15, 0.2) is 34.3 Å². The van der Waals surface area contributed by atoms with E-state index in [1.807, 2.05) is 12.1 Å². The van der Waals surface area contributed by atoms with Crippen LogP contribution < -0.4 is 4.90 Å². The second-order valence-electron chi connectivity index (χ2n) is 4.20. The SMILES string of the molecule is O[C@H]1COC[C@H]2N3C(=NN12)Sc1ccccc13. The molecule has 0 bridgehead atoms. The number of aliphatic hydroxyl groups excluding tert-OH is 1. The standard InChI is InChI=1S/C11H11N3O2S/c15-10-6-16-5-9-13-7-3-1-2-4-8(7)17-11(13)12-14(9)10/h1-4,9-10,15H,5-6H2/t9-,10-/m0/s1. The fraction of sp³-hybridized carbons (Fsp3) is 0.364. The van der Waals surface area contributed by atoms with E-state index >= 15 is 0 Å². The molecule has 1 saturated heterocycles. The molecule has 3 heterocycles. The maximum Gasteiger partial charge on any atom is 0.194 e. The van der Waals surface area contributed by atoms with Gasteiger partial charge in [0, 0.05) is 4.90 Å². The topological polar surface area (TPSA) is 48.3 Å². The van der Waals surface area contributed by atoms with Gasteiger partial charge in [0.15, 0.2) is 17.6 Å². The van der Waals surface area contributed by atoms with Crippen molar-refractivity contribution in [2.24, 2.45) is 5.10 Å². The predicted octanol–water partition coefficient (Wildman–Crippen LogP) is 0.860. The van der Waals surface area contributed by atoms with E-state index in [0.29, 0.717) is 13.2 Å². The molecule has 4 rings (SSSR count). The molecule has 0 aromatic heterocycles. The van der Waals surface area contributed by atoms with E-state index in [1.165, 1.54) is 4.90 Å². The summed E-state index contributed by atoms with van der Waals surface area (Å²) in [7, 11) is 0. The summed E-state index contributed by atoms with van der Waals surface area (Å²) in [5.41, 5.74) is 1.15. The molecule has 0 unspecified atom stereocenters. The Kier molecular flexibility index (Phi) is 1.94. The summed E-state index contributed by atoms with van der Waals surface area (Å²) in [5, 5.41) is 17.0. The number of rotatable bonds is 0. The second-order valence-corrected chi connectivity index (χ2v) is 5.21. The van der Waals surface area contributed by atoms with Crippen molar-refractivity contribution in [3.8, 4) is 0 Å². The Morgan fingerprint density at radius 2 is 2.24 bits per heavy atom. The smallest absolute Gasteiger partial charge is 0.194 e. The van der Waals surface area contributed by atoms with Crippen LogP contribution in [-0.4, -0.2) is 40.9 Å². The quantitative estimate of drug-likeness (QED) is 0.739. The van der Waals surface area contributed by atoms with Crippen LogP contribution in [0.25, 0.3) is 0 Å². The molecular formula is C11H11N3O2S. The predicted molar refractivity (Wildman–Crippen MR) is 64.7 cm³/mol. The lowest BCUT2D eigenvalue weighted by atomic mass is 10.2. The molecule has 1 N–H and O–H groups in total. The molecule has 0 amide bonds. The number of nitrogens with zero attached hydrogens (tertiary/aromatic N) is 3. The first kappa shape index (κ1) is 9.76. The average molecular weight is 249 g/mol. The summed E-state index contributed by atoms with van der Waals surface area (Å²) in [6.07, 6.45) is -0.649. The Bertz CT molecular complexity index is 507. The van der Waals surface area contributed by atoms with Gasteiger partial charge in [-0.1, -0.05) is 12.1 Å². The lowest BCUT2D eigenvalue weighted by Crippen LogP contribution is -2.53. The number of anilines is 1. The Hall–Kier alpha value is -1.24. The van der Waals surface area contributed by atoms with Gasteiger partial charge in [0.1, 0.15) is 0 Å². The van der Waals surface area contributed by atoms with Gasteiger partial charge in [-0.15, -0.1) is 5.10 Å². The number of fused-ring (bicyclic) bond motifs is 5. The number of benzene rings is 1. The number of morpholine rings is 1. The van der Waals surface area contributed by atoms with E-state index in [4.69, 9.17) is 4.74 Å². The van der Waals surface area contributed by atoms with Crippen LogP contribution in [0.1, 0.15) is 0 Å². The largest absolute Gasteiger partial charge is 0.373 e. The van der Waals surface area contributed by atoms with Gasteiger partial charge in [0.2, 0.25) is 0 Å².